The molecular weight excluding hydrogens is 230 g/mol. The van der Waals surface area contributed by atoms with Gasteiger partial charge >= 0.3 is 0 Å². The van der Waals surface area contributed by atoms with Gasteiger partial charge in [-0.15, -0.1) is 0 Å². The van der Waals surface area contributed by atoms with Gasteiger partial charge in [0.15, 0.2) is 5.13 Å². The van der Waals surface area contributed by atoms with Crippen LogP contribution >= 0.6 is 11.3 Å². The van der Waals surface area contributed by atoms with Crippen molar-refractivity contribution in [3.63, 3.8) is 0 Å². The lowest BCUT2D eigenvalue weighted by Crippen LogP contribution is -2.14. The first-order chi connectivity index (χ1) is 8.19. The van der Waals surface area contributed by atoms with Crippen LogP contribution < -0.4 is 11.1 Å². The summed E-state index contributed by atoms with van der Waals surface area (Å²) in [4.78, 5) is 4.55. The highest BCUT2D eigenvalue weighted by Gasteiger charge is 2.07. The van der Waals surface area contributed by atoms with E-state index in [0.717, 1.165) is 21.0 Å². The van der Waals surface area contributed by atoms with E-state index in [0.29, 0.717) is 6.04 Å². The normalized spacial score (nSPS) is 12.8. The minimum atomic E-state index is 0.479. The van der Waals surface area contributed by atoms with Crippen LogP contribution in [0.3, 0.4) is 0 Å². The third-order valence-corrected chi connectivity index (χ3v) is 3.72. The number of thiazole rings is 1. The molecule has 17 heavy (non-hydrogen) atoms. The van der Waals surface area contributed by atoms with E-state index in [2.05, 4.69) is 24.1 Å². The first kappa shape index (κ1) is 12.2. The van der Waals surface area contributed by atoms with Gasteiger partial charge in [0.1, 0.15) is 0 Å². The lowest BCUT2D eigenvalue weighted by atomic mass is 10.1. The molecule has 3 N–H and O–H groups in total. The molecule has 1 atom stereocenters. The largest absolute Gasteiger partial charge is 0.399 e. The summed E-state index contributed by atoms with van der Waals surface area (Å²) in [7, 11) is 0. The van der Waals surface area contributed by atoms with E-state index in [9.17, 15) is 0 Å². The van der Waals surface area contributed by atoms with E-state index in [4.69, 9.17) is 5.73 Å². The van der Waals surface area contributed by atoms with Crippen molar-refractivity contribution >= 4 is 32.4 Å². The Kier molecular flexibility index (Phi) is 3.84. The molecule has 0 aliphatic carbocycles. The van der Waals surface area contributed by atoms with Gasteiger partial charge in [0.05, 0.1) is 10.2 Å². The van der Waals surface area contributed by atoms with Crippen molar-refractivity contribution in [1.82, 2.24) is 4.98 Å². The van der Waals surface area contributed by atoms with E-state index >= 15 is 0 Å². The zero-order chi connectivity index (χ0) is 12.3. The first-order valence-corrected chi connectivity index (χ1v) is 6.93. The first-order valence-electron chi connectivity index (χ1n) is 6.11. The third-order valence-electron chi connectivity index (χ3n) is 2.77. The van der Waals surface area contributed by atoms with E-state index < -0.39 is 0 Å². The smallest absolute Gasteiger partial charge is 0.183 e. The second-order valence-corrected chi connectivity index (χ2v) is 5.46. The molecule has 2 aromatic rings. The molecule has 0 radical (unpaired) electrons. The average molecular weight is 249 g/mol. The Morgan fingerprint density at radius 2 is 2.29 bits per heavy atom. The monoisotopic (exact) mass is 249 g/mol. The Bertz CT molecular complexity index is 492. The summed E-state index contributed by atoms with van der Waals surface area (Å²) in [5, 5.41) is 4.45. The Morgan fingerprint density at radius 3 is 3.06 bits per heavy atom. The number of nitrogens with two attached hydrogens (primary N) is 1. The summed E-state index contributed by atoms with van der Waals surface area (Å²) in [6.07, 6.45) is 3.68. The number of nitrogens with one attached hydrogen (secondary N) is 1. The Hall–Kier alpha value is -1.29. The molecule has 0 spiro atoms. The van der Waals surface area contributed by atoms with E-state index in [-0.39, 0.29) is 0 Å². The standard InChI is InChI=1S/C13H19N3S/c1-3-4-5-9(2)15-13-16-11-7-6-10(14)8-12(11)17-13/h6-9H,3-5,14H2,1-2H3,(H,15,16). The van der Waals surface area contributed by atoms with Crippen LogP contribution in [0.15, 0.2) is 18.2 Å². The van der Waals surface area contributed by atoms with Gasteiger partial charge in [-0.3, -0.25) is 0 Å². The van der Waals surface area contributed by atoms with Gasteiger partial charge < -0.3 is 11.1 Å². The van der Waals surface area contributed by atoms with Crippen LogP contribution in [0.4, 0.5) is 10.8 Å². The van der Waals surface area contributed by atoms with Crippen LogP contribution in [-0.2, 0) is 0 Å². The summed E-state index contributed by atoms with van der Waals surface area (Å²) in [6, 6.07) is 6.33. The zero-order valence-electron chi connectivity index (χ0n) is 10.4. The van der Waals surface area contributed by atoms with Gasteiger partial charge in [0.2, 0.25) is 0 Å². The summed E-state index contributed by atoms with van der Waals surface area (Å²) >= 11 is 1.67. The second-order valence-electron chi connectivity index (χ2n) is 4.43. The quantitative estimate of drug-likeness (QED) is 0.791. The van der Waals surface area contributed by atoms with E-state index in [1.807, 2.05) is 18.2 Å². The highest BCUT2D eigenvalue weighted by atomic mass is 32.1. The molecule has 0 fully saturated rings. The fourth-order valence-electron chi connectivity index (χ4n) is 1.80. The van der Waals surface area contributed by atoms with Crippen LogP contribution in [-0.4, -0.2) is 11.0 Å². The Labute approximate surface area is 106 Å². The molecule has 3 nitrogen and oxygen atoms in total. The van der Waals surface area contributed by atoms with Gasteiger partial charge in [-0.1, -0.05) is 31.1 Å². The predicted molar refractivity (Wildman–Crippen MR) is 76.6 cm³/mol. The molecule has 2 rings (SSSR count). The van der Waals surface area contributed by atoms with Crippen LogP contribution in [0.25, 0.3) is 10.2 Å². The Balaban J connectivity index is 2.08. The highest BCUT2D eigenvalue weighted by Crippen LogP contribution is 2.28. The summed E-state index contributed by atoms with van der Waals surface area (Å²) in [5.74, 6) is 0. The molecule has 0 bridgehead atoms. The molecule has 92 valence electrons. The number of nitrogen functional groups attached to an aromatic ring is 1. The van der Waals surface area contributed by atoms with Crippen molar-refractivity contribution in [3.05, 3.63) is 18.2 Å². The van der Waals surface area contributed by atoms with Gasteiger partial charge in [-0.2, -0.15) is 0 Å². The number of unbranched alkanes of at least 4 members (excludes halogenated alkanes) is 1. The zero-order valence-corrected chi connectivity index (χ0v) is 11.2. The number of anilines is 2. The molecule has 0 aliphatic heterocycles. The average Bonchev–Trinajstić information content (AvgIpc) is 2.67. The number of benzene rings is 1. The van der Waals surface area contributed by atoms with Crippen LogP contribution in [0, 0.1) is 0 Å². The van der Waals surface area contributed by atoms with Crippen molar-refractivity contribution in [2.45, 2.75) is 39.2 Å². The number of rotatable bonds is 5. The third kappa shape index (κ3) is 3.09. The molecule has 0 saturated carbocycles. The maximum absolute atomic E-state index is 5.76. The molecular formula is C13H19N3S. The van der Waals surface area contributed by atoms with Gasteiger partial charge in [-0.05, 0) is 31.5 Å². The fraction of sp³-hybridized carbons (Fsp3) is 0.462. The maximum Gasteiger partial charge on any atom is 0.183 e. The van der Waals surface area contributed by atoms with Crippen molar-refractivity contribution < 1.29 is 0 Å². The van der Waals surface area contributed by atoms with E-state index in [1.54, 1.807) is 11.3 Å². The van der Waals surface area contributed by atoms with Crippen molar-refractivity contribution in [2.75, 3.05) is 11.1 Å². The fourth-order valence-corrected chi connectivity index (χ4v) is 2.82. The SMILES string of the molecule is CCCCC(C)Nc1nc2ccc(N)cc2s1. The molecule has 0 aliphatic rings. The van der Waals surface area contributed by atoms with E-state index in [1.165, 1.54) is 19.3 Å². The number of aromatic nitrogens is 1. The molecule has 1 aromatic heterocycles. The molecule has 1 heterocycles. The van der Waals surface area contributed by atoms with Crippen molar-refractivity contribution in [3.8, 4) is 0 Å². The lowest BCUT2D eigenvalue weighted by Gasteiger charge is -2.11. The lowest BCUT2D eigenvalue weighted by molar-refractivity contribution is 0.645. The molecule has 0 amide bonds. The topological polar surface area (TPSA) is 50.9 Å². The van der Waals surface area contributed by atoms with Crippen LogP contribution in [0.1, 0.15) is 33.1 Å². The molecule has 1 unspecified atom stereocenters. The highest BCUT2D eigenvalue weighted by molar-refractivity contribution is 7.22. The maximum atomic E-state index is 5.76. The van der Waals surface area contributed by atoms with Crippen molar-refractivity contribution in [1.29, 1.82) is 0 Å². The number of nitrogens with zero attached hydrogens (tertiary/aromatic N) is 1. The predicted octanol–water partition coefficient (Wildman–Crippen LogP) is 3.87. The number of hydrogen-bond donors (Lipinski definition) is 2. The summed E-state index contributed by atoms with van der Waals surface area (Å²) in [6.45, 7) is 4.42. The summed E-state index contributed by atoms with van der Waals surface area (Å²) in [5.41, 5.74) is 7.58. The molecule has 4 heteroatoms. The minimum absolute atomic E-state index is 0.479. The van der Waals surface area contributed by atoms with Gasteiger partial charge in [0, 0.05) is 11.7 Å². The van der Waals surface area contributed by atoms with Gasteiger partial charge in [-0.25, -0.2) is 4.98 Å². The number of hydrogen-bond acceptors (Lipinski definition) is 4. The van der Waals surface area contributed by atoms with Crippen molar-refractivity contribution in [2.24, 2.45) is 0 Å². The number of fused-ring (bicyclic) bond motifs is 1. The van der Waals surface area contributed by atoms with Crippen LogP contribution in [0.2, 0.25) is 0 Å². The van der Waals surface area contributed by atoms with Gasteiger partial charge in [0.25, 0.3) is 0 Å². The second kappa shape index (κ2) is 5.36. The Morgan fingerprint density at radius 1 is 1.47 bits per heavy atom. The minimum Gasteiger partial charge on any atom is -0.399 e. The van der Waals surface area contributed by atoms with Crippen LogP contribution in [0.5, 0.6) is 0 Å². The molecule has 1 aromatic carbocycles. The molecule has 0 saturated heterocycles. The summed E-state index contributed by atoms with van der Waals surface area (Å²) < 4.78 is 1.15.